The molecule has 0 amide bonds. The molecule has 0 spiro atoms. The summed E-state index contributed by atoms with van der Waals surface area (Å²) in [4.78, 5) is 0. The lowest BCUT2D eigenvalue weighted by molar-refractivity contribution is 0.121. The predicted molar refractivity (Wildman–Crippen MR) is 84.0 cm³/mol. The van der Waals surface area contributed by atoms with Crippen molar-refractivity contribution < 1.29 is 4.74 Å². The molecule has 0 atom stereocenters. The molecule has 0 saturated heterocycles. The van der Waals surface area contributed by atoms with E-state index >= 15 is 0 Å². The number of anilines is 1. The summed E-state index contributed by atoms with van der Waals surface area (Å²) >= 11 is 0. The molecule has 0 fully saturated rings. The zero-order valence-corrected chi connectivity index (χ0v) is 11.8. The van der Waals surface area contributed by atoms with Gasteiger partial charge in [-0.2, -0.15) is 5.10 Å². The number of hydrogen-bond acceptors (Lipinski definition) is 3. The van der Waals surface area contributed by atoms with E-state index in [-0.39, 0.29) is 0 Å². The minimum atomic E-state index is 0.654. The Balaban J connectivity index is 1.90. The van der Waals surface area contributed by atoms with Crippen LogP contribution in [0.25, 0.3) is 0 Å². The average molecular weight is 268 g/mol. The van der Waals surface area contributed by atoms with Crippen LogP contribution in [0.4, 0.5) is 5.69 Å². The third kappa shape index (κ3) is 4.86. The Bertz CT molecular complexity index is 538. The standard InChI is InChI=1S/C17H20N2O/c1-2-11-20-14-16-8-6-7-15(12-16)13-18-19-17-9-4-3-5-10-17/h3-10,12-13,19H,2,11,14H2,1H3. The van der Waals surface area contributed by atoms with Crippen LogP contribution in [0.2, 0.25) is 0 Å². The van der Waals surface area contributed by atoms with Crippen LogP contribution in [0.1, 0.15) is 24.5 Å². The van der Waals surface area contributed by atoms with E-state index in [1.54, 1.807) is 0 Å². The highest BCUT2D eigenvalue weighted by molar-refractivity contribution is 5.80. The molecular formula is C17H20N2O. The molecule has 0 heterocycles. The van der Waals surface area contributed by atoms with E-state index in [1.807, 2.05) is 48.7 Å². The fraction of sp³-hybridized carbons (Fsp3) is 0.235. The lowest BCUT2D eigenvalue weighted by atomic mass is 10.1. The van der Waals surface area contributed by atoms with Gasteiger partial charge in [0.05, 0.1) is 18.5 Å². The lowest BCUT2D eigenvalue weighted by Gasteiger charge is -2.03. The van der Waals surface area contributed by atoms with E-state index < -0.39 is 0 Å². The maximum Gasteiger partial charge on any atom is 0.0717 e. The predicted octanol–water partition coefficient (Wildman–Crippen LogP) is 4.06. The van der Waals surface area contributed by atoms with E-state index in [0.29, 0.717) is 6.61 Å². The number of hydrogen-bond donors (Lipinski definition) is 1. The monoisotopic (exact) mass is 268 g/mol. The summed E-state index contributed by atoms with van der Waals surface area (Å²) in [5, 5.41) is 4.23. The van der Waals surface area contributed by atoms with E-state index in [4.69, 9.17) is 4.74 Å². The van der Waals surface area contributed by atoms with Crippen molar-refractivity contribution in [3.63, 3.8) is 0 Å². The van der Waals surface area contributed by atoms with Crippen LogP contribution in [0.15, 0.2) is 59.7 Å². The van der Waals surface area contributed by atoms with Crippen LogP contribution in [0.5, 0.6) is 0 Å². The Morgan fingerprint density at radius 3 is 2.75 bits per heavy atom. The van der Waals surface area contributed by atoms with Crippen LogP contribution < -0.4 is 5.43 Å². The van der Waals surface area contributed by atoms with Crippen molar-refractivity contribution in [2.75, 3.05) is 12.0 Å². The summed E-state index contributed by atoms with van der Waals surface area (Å²) in [6.07, 6.45) is 2.86. The molecule has 0 aliphatic heterocycles. The van der Waals surface area contributed by atoms with Gasteiger partial charge in [-0.25, -0.2) is 0 Å². The molecule has 3 heteroatoms. The molecule has 0 bridgehead atoms. The van der Waals surface area contributed by atoms with Gasteiger partial charge in [-0.3, -0.25) is 5.43 Å². The van der Waals surface area contributed by atoms with E-state index in [9.17, 15) is 0 Å². The van der Waals surface area contributed by atoms with E-state index in [1.165, 1.54) is 5.56 Å². The number of rotatable bonds is 7. The Labute approximate surface area is 120 Å². The summed E-state index contributed by atoms with van der Waals surface area (Å²) in [5.74, 6) is 0. The third-order valence-corrected chi connectivity index (χ3v) is 2.75. The normalized spacial score (nSPS) is 10.8. The van der Waals surface area contributed by atoms with Crippen LogP contribution in [0.3, 0.4) is 0 Å². The second kappa shape index (κ2) is 8.12. The van der Waals surface area contributed by atoms with Gasteiger partial charge in [0, 0.05) is 6.61 Å². The molecule has 0 aliphatic carbocycles. The minimum Gasteiger partial charge on any atom is -0.377 e. The molecule has 3 nitrogen and oxygen atoms in total. The maximum atomic E-state index is 5.54. The highest BCUT2D eigenvalue weighted by Gasteiger charge is 1.94. The third-order valence-electron chi connectivity index (χ3n) is 2.75. The van der Waals surface area contributed by atoms with Gasteiger partial charge in [0.2, 0.25) is 0 Å². The molecule has 0 unspecified atom stereocenters. The number of hydrazone groups is 1. The Morgan fingerprint density at radius 1 is 1.10 bits per heavy atom. The van der Waals surface area contributed by atoms with Crippen molar-refractivity contribution in [1.29, 1.82) is 0 Å². The van der Waals surface area contributed by atoms with Crippen molar-refractivity contribution in [3.05, 3.63) is 65.7 Å². The van der Waals surface area contributed by atoms with Crippen LogP contribution in [0, 0.1) is 0 Å². The minimum absolute atomic E-state index is 0.654. The zero-order chi connectivity index (χ0) is 14.0. The molecule has 2 aromatic rings. The van der Waals surface area contributed by atoms with Crippen molar-refractivity contribution in [2.45, 2.75) is 20.0 Å². The molecule has 20 heavy (non-hydrogen) atoms. The first-order valence-corrected chi connectivity index (χ1v) is 6.89. The van der Waals surface area contributed by atoms with Gasteiger partial charge in [-0.15, -0.1) is 0 Å². The summed E-state index contributed by atoms with van der Waals surface area (Å²) in [6, 6.07) is 18.1. The molecule has 104 valence electrons. The summed E-state index contributed by atoms with van der Waals surface area (Å²) in [7, 11) is 0. The van der Waals surface area contributed by atoms with Gasteiger partial charge in [0.15, 0.2) is 0 Å². The molecule has 2 rings (SSSR count). The molecule has 1 N–H and O–H groups in total. The van der Waals surface area contributed by atoms with Crippen molar-refractivity contribution >= 4 is 11.9 Å². The van der Waals surface area contributed by atoms with Gasteiger partial charge in [0.25, 0.3) is 0 Å². The molecular weight excluding hydrogens is 248 g/mol. The number of benzene rings is 2. The molecule has 0 saturated carbocycles. The second-order valence-electron chi connectivity index (χ2n) is 4.53. The molecule has 0 aromatic heterocycles. The fourth-order valence-corrected chi connectivity index (χ4v) is 1.79. The Morgan fingerprint density at radius 2 is 1.95 bits per heavy atom. The first kappa shape index (κ1) is 14.3. The number of nitrogens with one attached hydrogen (secondary N) is 1. The van der Waals surface area contributed by atoms with Crippen LogP contribution in [-0.4, -0.2) is 12.8 Å². The molecule has 2 aromatic carbocycles. The summed E-state index contributed by atoms with van der Waals surface area (Å²) in [5.41, 5.74) is 6.21. The fourth-order valence-electron chi connectivity index (χ4n) is 1.79. The maximum absolute atomic E-state index is 5.54. The van der Waals surface area contributed by atoms with Crippen molar-refractivity contribution in [1.82, 2.24) is 0 Å². The van der Waals surface area contributed by atoms with E-state index in [0.717, 1.165) is 24.3 Å². The Kier molecular flexibility index (Phi) is 5.80. The zero-order valence-electron chi connectivity index (χ0n) is 11.8. The van der Waals surface area contributed by atoms with Crippen molar-refractivity contribution in [3.8, 4) is 0 Å². The largest absolute Gasteiger partial charge is 0.377 e. The van der Waals surface area contributed by atoms with Gasteiger partial charge in [-0.1, -0.05) is 43.3 Å². The highest BCUT2D eigenvalue weighted by atomic mass is 16.5. The number of para-hydroxylation sites is 1. The van der Waals surface area contributed by atoms with Gasteiger partial charge in [0.1, 0.15) is 0 Å². The Hall–Kier alpha value is -2.13. The summed E-state index contributed by atoms with van der Waals surface area (Å²) < 4.78 is 5.54. The first-order chi connectivity index (χ1) is 9.88. The SMILES string of the molecule is CCCOCc1cccc(C=NNc2ccccc2)c1. The van der Waals surface area contributed by atoms with Gasteiger partial charge >= 0.3 is 0 Å². The van der Waals surface area contributed by atoms with Crippen molar-refractivity contribution in [2.24, 2.45) is 5.10 Å². The van der Waals surface area contributed by atoms with Crippen LogP contribution >= 0.6 is 0 Å². The van der Waals surface area contributed by atoms with Crippen LogP contribution in [-0.2, 0) is 11.3 Å². The average Bonchev–Trinajstić information content (AvgIpc) is 2.49. The molecule has 0 radical (unpaired) electrons. The number of nitrogens with zero attached hydrogens (tertiary/aromatic N) is 1. The van der Waals surface area contributed by atoms with Gasteiger partial charge in [-0.05, 0) is 35.7 Å². The smallest absolute Gasteiger partial charge is 0.0717 e. The second-order valence-corrected chi connectivity index (χ2v) is 4.53. The van der Waals surface area contributed by atoms with E-state index in [2.05, 4.69) is 29.6 Å². The number of ether oxygens (including phenoxy) is 1. The first-order valence-electron chi connectivity index (χ1n) is 6.89. The lowest BCUT2D eigenvalue weighted by Crippen LogP contribution is -1.95. The topological polar surface area (TPSA) is 33.6 Å². The highest BCUT2D eigenvalue weighted by Crippen LogP contribution is 2.07. The quantitative estimate of drug-likeness (QED) is 0.467. The van der Waals surface area contributed by atoms with Gasteiger partial charge < -0.3 is 4.74 Å². The molecule has 0 aliphatic rings. The summed E-state index contributed by atoms with van der Waals surface area (Å²) in [6.45, 7) is 3.56.